The molecule has 0 atom stereocenters. The van der Waals surface area contributed by atoms with Gasteiger partial charge in [0.1, 0.15) is 12.3 Å². The van der Waals surface area contributed by atoms with Crippen LogP contribution in [0.25, 0.3) is 6.08 Å². The molecule has 1 heterocycles. The zero-order chi connectivity index (χ0) is 22.5. The van der Waals surface area contributed by atoms with Crippen molar-refractivity contribution in [3.05, 3.63) is 74.3 Å². The number of hydrogen-bond acceptors (Lipinski definition) is 4. The Labute approximate surface area is 198 Å². The number of imide groups is 1. The van der Waals surface area contributed by atoms with Gasteiger partial charge < -0.3 is 14.8 Å². The minimum atomic E-state index is -0.489. The van der Waals surface area contributed by atoms with E-state index < -0.39 is 11.9 Å². The lowest BCUT2D eigenvalue weighted by Crippen LogP contribution is -2.30. The van der Waals surface area contributed by atoms with E-state index >= 15 is 0 Å². The van der Waals surface area contributed by atoms with Gasteiger partial charge in [-0.1, -0.05) is 51.3 Å². The van der Waals surface area contributed by atoms with Crippen LogP contribution in [0.2, 0.25) is 10.0 Å². The summed E-state index contributed by atoms with van der Waals surface area (Å²) in [6.45, 7) is 6.18. The molecular weight excluding hydrogens is 507 g/mol. The average molecular weight is 526 g/mol. The standard InChI is InChI=1S/C22H19BrCl2N2O4/c1-3-7-27-21(28)18(26-22(27)29)8-14-9-19(30-4-2)20(11-16(14)23)31-12-13-5-6-15(24)10-17(13)25/h3,5-6,8-11H,1,4,7,12H2,2H3,(H,26,29)/b18-8+. The topological polar surface area (TPSA) is 67.9 Å². The third-order valence-electron chi connectivity index (χ3n) is 4.33. The fourth-order valence-electron chi connectivity index (χ4n) is 2.86. The molecule has 0 unspecified atom stereocenters. The van der Waals surface area contributed by atoms with Crippen molar-refractivity contribution >= 4 is 57.1 Å². The van der Waals surface area contributed by atoms with Crippen LogP contribution in [0.15, 0.2) is 53.2 Å². The molecule has 1 fully saturated rings. The van der Waals surface area contributed by atoms with Crippen molar-refractivity contribution in [3.8, 4) is 11.5 Å². The number of rotatable bonds is 8. The van der Waals surface area contributed by atoms with Crippen molar-refractivity contribution in [2.24, 2.45) is 0 Å². The number of carbonyl (C=O) groups is 2. The minimum Gasteiger partial charge on any atom is -0.490 e. The van der Waals surface area contributed by atoms with Gasteiger partial charge in [0.15, 0.2) is 11.5 Å². The lowest BCUT2D eigenvalue weighted by molar-refractivity contribution is -0.122. The summed E-state index contributed by atoms with van der Waals surface area (Å²) in [5.74, 6) is 0.562. The monoisotopic (exact) mass is 524 g/mol. The molecular formula is C22H19BrCl2N2O4. The van der Waals surface area contributed by atoms with E-state index in [9.17, 15) is 9.59 Å². The fourth-order valence-corrected chi connectivity index (χ4v) is 3.76. The largest absolute Gasteiger partial charge is 0.490 e. The molecule has 0 spiro atoms. The van der Waals surface area contributed by atoms with Crippen LogP contribution in [0.3, 0.4) is 0 Å². The van der Waals surface area contributed by atoms with Gasteiger partial charge in [0.05, 0.1) is 6.61 Å². The molecule has 0 aromatic heterocycles. The Balaban J connectivity index is 1.87. The number of nitrogens with one attached hydrogen (secondary N) is 1. The SMILES string of the molecule is C=CCN1C(=O)N/C(=C/c2cc(OCC)c(OCc3ccc(Cl)cc3Cl)cc2Br)C1=O. The molecule has 0 radical (unpaired) electrons. The van der Waals surface area contributed by atoms with E-state index in [0.29, 0.717) is 38.2 Å². The molecule has 9 heteroatoms. The lowest BCUT2D eigenvalue weighted by atomic mass is 10.1. The Hall–Kier alpha value is -2.48. The van der Waals surface area contributed by atoms with Crippen molar-refractivity contribution in [1.82, 2.24) is 10.2 Å². The van der Waals surface area contributed by atoms with Crippen molar-refractivity contribution in [2.75, 3.05) is 13.2 Å². The van der Waals surface area contributed by atoms with Crippen LogP contribution in [0.4, 0.5) is 4.79 Å². The van der Waals surface area contributed by atoms with E-state index in [0.717, 1.165) is 10.5 Å². The van der Waals surface area contributed by atoms with Gasteiger partial charge in [0.2, 0.25) is 0 Å². The average Bonchev–Trinajstić information content (AvgIpc) is 2.98. The number of halogens is 3. The second kappa shape index (κ2) is 10.2. The molecule has 6 nitrogen and oxygen atoms in total. The predicted molar refractivity (Wildman–Crippen MR) is 125 cm³/mol. The summed E-state index contributed by atoms with van der Waals surface area (Å²) in [7, 11) is 0. The first-order valence-corrected chi connectivity index (χ1v) is 10.9. The molecule has 31 heavy (non-hydrogen) atoms. The smallest absolute Gasteiger partial charge is 0.329 e. The quantitative estimate of drug-likeness (QED) is 0.268. The van der Waals surface area contributed by atoms with Crippen molar-refractivity contribution in [1.29, 1.82) is 0 Å². The molecule has 0 aliphatic carbocycles. The number of benzene rings is 2. The highest BCUT2D eigenvalue weighted by Crippen LogP contribution is 2.36. The van der Waals surface area contributed by atoms with E-state index in [-0.39, 0.29) is 18.8 Å². The summed E-state index contributed by atoms with van der Waals surface area (Å²) in [5.41, 5.74) is 1.58. The van der Waals surface area contributed by atoms with Gasteiger partial charge in [0, 0.05) is 26.6 Å². The number of amides is 3. The van der Waals surface area contributed by atoms with Crippen LogP contribution in [-0.2, 0) is 11.4 Å². The van der Waals surface area contributed by atoms with Crippen molar-refractivity contribution < 1.29 is 19.1 Å². The molecule has 2 aromatic rings. The molecule has 0 saturated carbocycles. The van der Waals surface area contributed by atoms with E-state index in [4.69, 9.17) is 32.7 Å². The first kappa shape index (κ1) is 23.2. The summed E-state index contributed by atoms with van der Waals surface area (Å²) in [4.78, 5) is 25.5. The number of nitrogens with zero attached hydrogens (tertiary/aromatic N) is 1. The summed E-state index contributed by atoms with van der Waals surface area (Å²) in [5, 5.41) is 3.62. The van der Waals surface area contributed by atoms with Gasteiger partial charge >= 0.3 is 6.03 Å². The third-order valence-corrected chi connectivity index (χ3v) is 5.61. The highest BCUT2D eigenvalue weighted by molar-refractivity contribution is 9.10. The molecule has 1 aliphatic heterocycles. The van der Waals surface area contributed by atoms with Crippen LogP contribution < -0.4 is 14.8 Å². The van der Waals surface area contributed by atoms with Crippen molar-refractivity contribution in [3.63, 3.8) is 0 Å². The fraction of sp³-hybridized carbons (Fsp3) is 0.182. The zero-order valence-electron chi connectivity index (χ0n) is 16.6. The minimum absolute atomic E-state index is 0.132. The Kier molecular flexibility index (Phi) is 7.64. The predicted octanol–water partition coefficient (Wildman–Crippen LogP) is 5.81. The van der Waals surface area contributed by atoms with Gasteiger partial charge in [-0.3, -0.25) is 9.69 Å². The van der Waals surface area contributed by atoms with Gasteiger partial charge in [-0.2, -0.15) is 0 Å². The normalized spacial score (nSPS) is 14.7. The van der Waals surface area contributed by atoms with E-state index in [1.807, 2.05) is 6.92 Å². The molecule has 1 N–H and O–H groups in total. The third kappa shape index (κ3) is 5.42. The summed E-state index contributed by atoms with van der Waals surface area (Å²) in [6, 6.07) is 8.17. The maximum absolute atomic E-state index is 12.4. The summed E-state index contributed by atoms with van der Waals surface area (Å²) < 4.78 is 12.3. The van der Waals surface area contributed by atoms with Gasteiger partial charge in [-0.05, 0) is 42.8 Å². The first-order valence-electron chi connectivity index (χ1n) is 9.32. The zero-order valence-corrected chi connectivity index (χ0v) is 19.7. The Bertz CT molecular complexity index is 1070. The highest BCUT2D eigenvalue weighted by atomic mass is 79.9. The van der Waals surface area contributed by atoms with Crippen LogP contribution in [-0.4, -0.2) is 30.0 Å². The van der Waals surface area contributed by atoms with Crippen LogP contribution >= 0.6 is 39.1 Å². The molecule has 162 valence electrons. The number of ether oxygens (including phenoxy) is 2. The Morgan fingerprint density at radius 1 is 1.16 bits per heavy atom. The van der Waals surface area contributed by atoms with E-state index in [2.05, 4.69) is 27.8 Å². The number of hydrogen-bond donors (Lipinski definition) is 1. The Morgan fingerprint density at radius 2 is 1.90 bits per heavy atom. The summed E-state index contributed by atoms with van der Waals surface area (Å²) in [6.07, 6.45) is 3.07. The van der Waals surface area contributed by atoms with Gasteiger partial charge in [0.25, 0.3) is 5.91 Å². The summed E-state index contributed by atoms with van der Waals surface area (Å²) >= 11 is 15.7. The van der Waals surface area contributed by atoms with E-state index in [1.54, 1.807) is 36.4 Å². The molecule has 1 saturated heterocycles. The van der Waals surface area contributed by atoms with Crippen LogP contribution in [0.1, 0.15) is 18.1 Å². The van der Waals surface area contributed by atoms with Gasteiger partial charge in [-0.15, -0.1) is 6.58 Å². The molecule has 2 aromatic carbocycles. The van der Waals surface area contributed by atoms with Crippen LogP contribution in [0.5, 0.6) is 11.5 Å². The highest BCUT2D eigenvalue weighted by Gasteiger charge is 2.32. The first-order chi connectivity index (χ1) is 14.8. The Morgan fingerprint density at radius 3 is 2.58 bits per heavy atom. The van der Waals surface area contributed by atoms with Crippen LogP contribution in [0, 0.1) is 0 Å². The molecule has 0 bridgehead atoms. The molecule has 1 aliphatic rings. The number of urea groups is 1. The van der Waals surface area contributed by atoms with Crippen molar-refractivity contribution in [2.45, 2.75) is 13.5 Å². The van der Waals surface area contributed by atoms with Gasteiger partial charge in [-0.25, -0.2) is 4.79 Å². The number of carbonyl (C=O) groups excluding carboxylic acids is 2. The second-order valence-electron chi connectivity index (χ2n) is 6.47. The molecule has 3 rings (SSSR count). The van der Waals surface area contributed by atoms with E-state index in [1.165, 1.54) is 6.08 Å². The lowest BCUT2D eigenvalue weighted by Gasteiger charge is -2.15. The maximum atomic E-state index is 12.4. The molecule has 3 amide bonds. The maximum Gasteiger partial charge on any atom is 0.329 e. The second-order valence-corrected chi connectivity index (χ2v) is 8.17.